The largest absolute Gasteiger partial charge is 0.478 e. The van der Waals surface area contributed by atoms with E-state index in [4.69, 9.17) is 11.6 Å². The van der Waals surface area contributed by atoms with E-state index < -0.39 is 46.7 Å². The molecule has 0 spiro atoms. The van der Waals surface area contributed by atoms with E-state index in [-0.39, 0.29) is 0 Å². The van der Waals surface area contributed by atoms with Gasteiger partial charge < -0.3 is 4.74 Å². The molecular formula is C8H2ClF5O2. The Kier molecular flexibility index (Phi) is 3.69. The Labute approximate surface area is 90.6 Å². The molecule has 0 N–H and O–H groups in total. The van der Waals surface area contributed by atoms with E-state index in [2.05, 4.69) is 4.74 Å². The fraction of sp³-hybridized carbons (Fsp3) is 0.125. The molecule has 16 heavy (non-hydrogen) atoms. The molecule has 8 heteroatoms. The molecule has 0 atom stereocenters. The molecule has 0 fully saturated rings. The zero-order chi connectivity index (χ0) is 12.5. The van der Waals surface area contributed by atoms with Crippen molar-refractivity contribution < 1.29 is 31.5 Å². The van der Waals surface area contributed by atoms with E-state index in [1.54, 1.807) is 0 Å². The first kappa shape index (κ1) is 12.7. The van der Waals surface area contributed by atoms with Crippen molar-refractivity contribution in [1.82, 2.24) is 0 Å². The van der Waals surface area contributed by atoms with Crippen LogP contribution in [-0.2, 0) is 4.79 Å². The highest BCUT2D eigenvalue weighted by Crippen LogP contribution is 2.28. The summed E-state index contributed by atoms with van der Waals surface area (Å²) in [5, 5.41) is -1.15. The zero-order valence-electron chi connectivity index (χ0n) is 7.29. The standard InChI is InChI=1S/C8H2ClF5O2/c9-2(15)1-16-8-6(13)4(11)3(10)5(12)7(8)14/h1H2. The number of hydrogen-bond acceptors (Lipinski definition) is 2. The smallest absolute Gasteiger partial charge is 0.259 e. The van der Waals surface area contributed by atoms with Crippen LogP contribution in [0.15, 0.2) is 0 Å². The minimum Gasteiger partial charge on any atom is -0.478 e. The molecule has 88 valence electrons. The predicted molar refractivity (Wildman–Crippen MR) is 42.6 cm³/mol. The molecular weight excluding hydrogens is 259 g/mol. The number of carbonyl (C=O) groups is 1. The molecule has 0 heterocycles. The molecule has 0 amide bonds. The third-order valence-corrected chi connectivity index (χ3v) is 1.61. The van der Waals surface area contributed by atoms with E-state index >= 15 is 0 Å². The molecule has 1 aromatic rings. The first-order valence-electron chi connectivity index (χ1n) is 3.68. The number of benzene rings is 1. The molecule has 1 rings (SSSR count). The van der Waals surface area contributed by atoms with E-state index in [1.807, 2.05) is 0 Å². The third kappa shape index (κ3) is 2.24. The first-order chi connectivity index (χ1) is 7.36. The van der Waals surface area contributed by atoms with Crippen LogP contribution in [0.5, 0.6) is 5.75 Å². The highest BCUT2D eigenvalue weighted by molar-refractivity contribution is 6.63. The van der Waals surface area contributed by atoms with Crippen molar-refractivity contribution in [3.05, 3.63) is 29.1 Å². The monoisotopic (exact) mass is 260 g/mol. The topological polar surface area (TPSA) is 26.3 Å². The quantitative estimate of drug-likeness (QED) is 0.361. The van der Waals surface area contributed by atoms with Crippen molar-refractivity contribution in [1.29, 1.82) is 0 Å². The van der Waals surface area contributed by atoms with Gasteiger partial charge in [0.2, 0.25) is 29.1 Å². The van der Waals surface area contributed by atoms with Crippen LogP contribution in [0.4, 0.5) is 22.0 Å². The van der Waals surface area contributed by atoms with E-state index in [0.717, 1.165) is 0 Å². The first-order valence-corrected chi connectivity index (χ1v) is 4.06. The lowest BCUT2D eigenvalue weighted by Crippen LogP contribution is -2.11. The van der Waals surface area contributed by atoms with Gasteiger partial charge in [0, 0.05) is 0 Å². The minimum atomic E-state index is -2.31. The SMILES string of the molecule is O=C(Cl)COc1c(F)c(F)c(F)c(F)c1F. The van der Waals surface area contributed by atoms with Gasteiger partial charge in [-0.3, -0.25) is 4.79 Å². The summed E-state index contributed by atoms with van der Waals surface area (Å²) >= 11 is 4.77. The van der Waals surface area contributed by atoms with Crippen LogP contribution in [0.25, 0.3) is 0 Å². The minimum absolute atomic E-state index is 1.01. The predicted octanol–water partition coefficient (Wildman–Crippen LogP) is 2.53. The van der Waals surface area contributed by atoms with Gasteiger partial charge in [0.15, 0.2) is 12.4 Å². The summed E-state index contributed by atoms with van der Waals surface area (Å²) in [5.41, 5.74) is 0. The highest BCUT2D eigenvalue weighted by Gasteiger charge is 2.27. The molecule has 0 aliphatic heterocycles. The van der Waals surface area contributed by atoms with Crippen LogP contribution in [0, 0.1) is 29.1 Å². The summed E-state index contributed by atoms with van der Waals surface area (Å²) in [6.07, 6.45) is 0. The van der Waals surface area contributed by atoms with Gasteiger partial charge in [-0.1, -0.05) is 0 Å². The van der Waals surface area contributed by atoms with Crippen molar-refractivity contribution in [3.63, 3.8) is 0 Å². The lowest BCUT2D eigenvalue weighted by atomic mass is 10.2. The van der Waals surface area contributed by atoms with E-state index in [0.29, 0.717) is 0 Å². The van der Waals surface area contributed by atoms with Gasteiger partial charge in [-0.25, -0.2) is 13.2 Å². The van der Waals surface area contributed by atoms with E-state index in [1.165, 1.54) is 0 Å². The fourth-order valence-electron chi connectivity index (χ4n) is 0.840. The van der Waals surface area contributed by atoms with Crippen LogP contribution in [0.1, 0.15) is 0 Å². The summed E-state index contributed by atoms with van der Waals surface area (Å²) in [6.45, 7) is -1.01. The molecule has 0 bridgehead atoms. The number of halogens is 6. The Bertz CT molecular complexity index is 420. The van der Waals surface area contributed by atoms with Crippen molar-refractivity contribution in [2.45, 2.75) is 0 Å². The van der Waals surface area contributed by atoms with Crippen LogP contribution >= 0.6 is 11.6 Å². The third-order valence-electron chi connectivity index (χ3n) is 1.50. The average molecular weight is 261 g/mol. The second-order valence-corrected chi connectivity index (χ2v) is 2.96. The highest BCUT2D eigenvalue weighted by atomic mass is 35.5. The Morgan fingerprint density at radius 1 is 0.938 bits per heavy atom. The summed E-state index contributed by atoms with van der Waals surface area (Å²) in [5.74, 6) is -12.5. The van der Waals surface area contributed by atoms with Crippen LogP contribution < -0.4 is 4.74 Å². The Hall–Kier alpha value is -1.37. The summed E-state index contributed by atoms with van der Waals surface area (Å²) < 4.78 is 67.4. The molecule has 0 saturated carbocycles. The molecule has 2 nitrogen and oxygen atoms in total. The summed E-state index contributed by atoms with van der Waals surface area (Å²) in [7, 11) is 0. The molecule has 0 radical (unpaired) electrons. The van der Waals surface area contributed by atoms with Gasteiger partial charge in [0.1, 0.15) is 0 Å². The number of ether oxygens (including phenoxy) is 1. The van der Waals surface area contributed by atoms with Gasteiger partial charge in [0.25, 0.3) is 5.24 Å². The second kappa shape index (κ2) is 4.65. The maximum Gasteiger partial charge on any atom is 0.259 e. The Morgan fingerprint density at radius 2 is 1.31 bits per heavy atom. The lowest BCUT2D eigenvalue weighted by molar-refractivity contribution is -0.113. The lowest BCUT2D eigenvalue weighted by Gasteiger charge is -2.08. The number of carbonyl (C=O) groups excluding carboxylic acids is 1. The molecule has 0 aliphatic rings. The van der Waals surface area contributed by atoms with Gasteiger partial charge in [-0.15, -0.1) is 0 Å². The van der Waals surface area contributed by atoms with Crippen LogP contribution in [0.3, 0.4) is 0 Å². The molecule has 0 unspecified atom stereocenters. The van der Waals surface area contributed by atoms with Crippen molar-refractivity contribution >= 4 is 16.8 Å². The number of rotatable bonds is 3. The molecule has 0 saturated heterocycles. The van der Waals surface area contributed by atoms with Crippen molar-refractivity contribution in [2.24, 2.45) is 0 Å². The molecule has 0 aliphatic carbocycles. The van der Waals surface area contributed by atoms with E-state index in [9.17, 15) is 26.7 Å². The average Bonchev–Trinajstić information content (AvgIpc) is 2.23. The second-order valence-electron chi connectivity index (χ2n) is 2.54. The molecule has 1 aromatic carbocycles. The van der Waals surface area contributed by atoms with Gasteiger partial charge in [-0.2, -0.15) is 8.78 Å². The maximum absolute atomic E-state index is 12.9. The van der Waals surface area contributed by atoms with Crippen molar-refractivity contribution in [2.75, 3.05) is 6.61 Å². The zero-order valence-corrected chi connectivity index (χ0v) is 8.05. The number of hydrogen-bond donors (Lipinski definition) is 0. The van der Waals surface area contributed by atoms with Gasteiger partial charge in [0.05, 0.1) is 0 Å². The van der Waals surface area contributed by atoms with Gasteiger partial charge in [-0.05, 0) is 11.6 Å². The maximum atomic E-state index is 12.9. The molecule has 0 aromatic heterocycles. The summed E-state index contributed by atoms with van der Waals surface area (Å²) in [6, 6.07) is 0. The Balaban J connectivity index is 3.23. The summed E-state index contributed by atoms with van der Waals surface area (Å²) in [4.78, 5) is 10.2. The van der Waals surface area contributed by atoms with Crippen molar-refractivity contribution in [3.8, 4) is 5.75 Å². The van der Waals surface area contributed by atoms with Crippen LogP contribution in [0.2, 0.25) is 0 Å². The normalized spacial score (nSPS) is 10.4. The van der Waals surface area contributed by atoms with Gasteiger partial charge >= 0.3 is 0 Å². The van der Waals surface area contributed by atoms with Crippen LogP contribution in [-0.4, -0.2) is 11.8 Å². The Morgan fingerprint density at radius 3 is 1.69 bits per heavy atom. The fourth-order valence-corrected chi connectivity index (χ4v) is 0.895.